The van der Waals surface area contributed by atoms with E-state index in [1.807, 2.05) is 80.6 Å². The van der Waals surface area contributed by atoms with Crippen molar-refractivity contribution in [1.82, 2.24) is 4.31 Å². The van der Waals surface area contributed by atoms with Crippen molar-refractivity contribution in [2.45, 2.75) is 41.4 Å². The highest BCUT2D eigenvalue weighted by Crippen LogP contribution is 2.34. The van der Waals surface area contributed by atoms with E-state index in [0.29, 0.717) is 24.3 Å². The molecule has 3 aromatic rings. The number of benzene rings is 3. The van der Waals surface area contributed by atoms with Crippen LogP contribution in [0.3, 0.4) is 0 Å². The van der Waals surface area contributed by atoms with Crippen LogP contribution in [0, 0.1) is 19.8 Å². The Bertz CT molecular complexity index is 1240. The number of hydrogen-bond donors (Lipinski definition) is 1. The van der Waals surface area contributed by atoms with E-state index in [-0.39, 0.29) is 12.5 Å². The highest BCUT2D eigenvalue weighted by Gasteiger charge is 2.34. The summed E-state index contributed by atoms with van der Waals surface area (Å²) < 4.78 is 28.1. The molecule has 1 fully saturated rings. The molecule has 1 amide bonds. The van der Waals surface area contributed by atoms with Crippen molar-refractivity contribution in [3.05, 3.63) is 83.9 Å². The topological polar surface area (TPSA) is 66.5 Å². The Morgan fingerprint density at radius 3 is 2.52 bits per heavy atom. The summed E-state index contributed by atoms with van der Waals surface area (Å²) in [5, 5.41) is 3.05. The normalized spacial score (nSPS) is 17.0. The quantitative estimate of drug-likeness (QED) is 0.506. The Morgan fingerprint density at radius 1 is 1.00 bits per heavy atom. The van der Waals surface area contributed by atoms with Gasteiger partial charge in [-0.25, -0.2) is 8.42 Å². The number of sulfonamides is 1. The fraction of sp³-hybridized carbons (Fsp3) is 0.269. The van der Waals surface area contributed by atoms with Gasteiger partial charge in [-0.3, -0.25) is 4.79 Å². The first kappa shape index (κ1) is 23.5. The van der Waals surface area contributed by atoms with Gasteiger partial charge in [-0.2, -0.15) is 4.31 Å². The Morgan fingerprint density at radius 2 is 1.73 bits per heavy atom. The Labute approximate surface area is 200 Å². The fourth-order valence-corrected chi connectivity index (χ4v) is 6.76. The van der Waals surface area contributed by atoms with Crippen LogP contribution in [0.15, 0.2) is 87.5 Å². The van der Waals surface area contributed by atoms with Crippen molar-refractivity contribution in [2.75, 3.05) is 18.4 Å². The lowest BCUT2D eigenvalue weighted by Crippen LogP contribution is -2.43. The number of piperidine rings is 1. The average molecular weight is 481 g/mol. The second-order valence-electron chi connectivity index (χ2n) is 8.37. The zero-order valence-corrected chi connectivity index (χ0v) is 20.5. The van der Waals surface area contributed by atoms with E-state index in [0.717, 1.165) is 26.6 Å². The second-order valence-corrected chi connectivity index (χ2v) is 11.4. The van der Waals surface area contributed by atoms with Gasteiger partial charge in [-0.15, -0.1) is 0 Å². The van der Waals surface area contributed by atoms with Gasteiger partial charge in [0.25, 0.3) is 0 Å². The Kier molecular flexibility index (Phi) is 7.22. The van der Waals surface area contributed by atoms with Crippen molar-refractivity contribution < 1.29 is 13.2 Å². The van der Waals surface area contributed by atoms with Crippen molar-refractivity contribution in [1.29, 1.82) is 0 Å². The number of hydrogen-bond acceptors (Lipinski definition) is 4. The van der Waals surface area contributed by atoms with E-state index in [2.05, 4.69) is 5.32 Å². The van der Waals surface area contributed by atoms with Crippen LogP contribution in [0.1, 0.15) is 24.0 Å². The molecule has 1 saturated heterocycles. The third-order valence-electron chi connectivity index (χ3n) is 5.83. The standard InChI is InChI=1S/C26H28N2O3S2/c1-19-14-15-20(2)25(17-19)33(30,31)28-16-8-9-21(18-28)26(29)27-23-12-6-7-13-24(23)32-22-10-4-3-5-11-22/h3-7,10-15,17,21H,8-9,16,18H2,1-2H3,(H,27,29)/t21-/m0/s1. The second kappa shape index (κ2) is 10.1. The van der Waals surface area contributed by atoms with E-state index in [9.17, 15) is 13.2 Å². The highest BCUT2D eigenvalue weighted by atomic mass is 32.2. The fourth-order valence-electron chi connectivity index (χ4n) is 4.01. The van der Waals surface area contributed by atoms with E-state index < -0.39 is 15.9 Å². The monoisotopic (exact) mass is 480 g/mol. The van der Waals surface area contributed by atoms with Crippen molar-refractivity contribution >= 4 is 33.4 Å². The van der Waals surface area contributed by atoms with E-state index in [4.69, 9.17) is 0 Å². The first-order valence-electron chi connectivity index (χ1n) is 11.0. The van der Waals surface area contributed by atoms with E-state index in [1.165, 1.54) is 4.31 Å². The number of rotatable bonds is 6. The molecule has 5 nitrogen and oxygen atoms in total. The van der Waals surface area contributed by atoms with E-state index >= 15 is 0 Å². The molecule has 0 radical (unpaired) electrons. The number of amides is 1. The molecule has 0 unspecified atom stereocenters. The van der Waals surface area contributed by atoms with Crippen LogP contribution >= 0.6 is 11.8 Å². The van der Waals surface area contributed by atoms with Gasteiger partial charge in [-0.1, -0.05) is 54.2 Å². The van der Waals surface area contributed by atoms with Crippen LogP contribution in [-0.4, -0.2) is 31.7 Å². The Balaban J connectivity index is 1.49. The maximum absolute atomic E-state index is 13.3. The number of aryl methyl sites for hydroxylation is 2. The third-order valence-corrected chi connectivity index (χ3v) is 8.92. The zero-order valence-electron chi connectivity index (χ0n) is 18.8. The molecular weight excluding hydrogens is 452 g/mol. The van der Waals surface area contributed by atoms with Gasteiger partial charge in [-0.05, 0) is 68.1 Å². The van der Waals surface area contributed by atoms with E-state index in [1.54, 1.807) is 17.8 Å². The van der Waals surface area contributed by atoms with Gasteiger partial charge < -0.3 is 5.32 Å². The van der Waals surface area contributed by atoms with Crippen LogP contribution in [0.4, 0.5) is 5.69 Å². The summed E-state index contributed by atoms with van der Waals surface area (Å²) >= 11 is 1.59. The average Bonchev–Trinajstić information content (AvgIpc) is 2.82. The van der Waals surface area contributed by atoms with Crippen molar-refractivity contribution in [2.24, 2.45) is 5.92 Å². The third kappa shape index (κ3) is 5.49. The predicted octanol–water partition coefficient (Wildman–Crippen LogP) is 5.49. The molecule has 0 spiro atoms. The lowest BCUT2D eigenvalue weighted by molar-refractivity contribution is -0.120. The molecular formula is C26H28N2O3S2. The minimum Gasteiger partial charge on any atom is -0.325 e. The molecule has 0 saturated carbocycles. The summed E-state index contributed by atoms with van der Waals surface area (Å²) in [5.74, 6) is -0.537. The molecule has 0 aliphatic carbocycles. The zero-order chi connectivity index (χ0) is 23.4. The Hall–Kier alpha value is -2.61. The molecule has 0 aromatic heterocycles. The molecule has 1 heterocycles. The summed E-state index contributed by atoms with van der Waals surface area (Å²) in [5.41, 5.74) is 2.36. The molecule has 4 rings (SSSR count). The van der Waals surface area contributed by atoms with Crippen LogP contribution in [0.2, 0.25) is 0 Å². The van der Waals surface area contributed by atoms with Crippen molar-refractivity contribution in [3.63, 3.8) is 0 Å². The minimum absolute atomic E-state index is 0.142. The summed E-state index contributed by atoms with van der Waals surface area (Å²) in [7, 11) is -3.65. The van der Waals surface area contributed by atoms with Crippen molar-refractivity contribution in [3.8, 4) is 0 Å². The molecule has 1 N–H and O–H groups in total. The molecule has 1 aliphatic rings. The SMILES string of the molecule is Cc1ccc(C)c(S(=O)(=O)N2CCC[C@H](C(=O)Nc3ccccc3Sc3ccccc3)C2)c1. The number of nitrogens with one attached hydrogen (secondary N) is 1. The molecule has 1 atom stereocenters. The molecule has 33 heavy (non-hydrogen) atoms. The first-order chi connectivity index (χ1) is 15.8. The minimum atomic E-state index is -3.65. The largest absolute Gasteiger partial charge is 0.325 e. The number of carbonyl (C=O) groups excluding carboxylic acids is 1. The maximum Gasteiger partial charge on any atom is 0.243 e. The summed E-state index contributed by atoms with van der Waals surface area (Å²) in [6, 6.07) is 23.1. The van der Waals surface area contributed by atoms with Crippen LogP contribution in [-0.2, 0) is 14.8 Å². The van der Waals surface area contributed by atoms with Crippen LogP contribution < -0.4 is 5.32 Å². The summed E-state index contributed by atoms with van der Waals surface area (Å²) in [6.45, 7) is 4.31. The molecule has 1 aliphatic heterocycles. The summed E-state index contributed by atoms with van der Waals surface area (Å²) in [6.07, 6.45) is 1.32. The van der Waals surface area contributed by atoms with Gasteiger partial charge in [0.1, 0.15) is 0 Å². The van der Waals surface area contributed by atoms with Crippen LogP contribution in [0.5, 0.6) is 0 Å². The first-order valence-corrected chi connectivity index (χ1v) is 13.3. The summed E-state index contributed by atoms with van der Waals surface area (Å²) in [4.78, 5) is 15.5. The highest BCUT2D eigenvalue weighted by molar-refractivity contribution is 7.99. The lowest BCUT2D eigenvalue weighted by Gasteiger charge is -2.31. The van der Waals surface area contributed by atoms with Gasteiger partial charge in [0.15, 0.2) is 0 Å². The number of para-hydroxylation sites is 1. The van der Waals surface area contributed by atoms with Crippen LogP contribution in [0.25, 0.3) is 0 Å². The van der Waals surface area contributed by atoms with Gasteiger partial charge >= 0.3 is 0 Å². The predicted molar refractivity (Wildman–Crippen MR) is 133 cm³/mol. The van der Waals surface area contributed by atoms with Gasteiger partial charge in [0.05, 0.1) is 16.5 Å². The smallest absolute Gasteiger partial charge is 0.243 e. The molecule has 7 heteroatoms. The van der Waals surface area contributed by atoms with Gasteiger partial charge in [0.2, 0.25) is 15.9 Å². The number of nitrogens with zero attached hydrogens (tertiary/aromatic N) is 1. The lowest BCUT2D eigenvalue weighted by atomic mass is 9.99. The molecule has 3 aromatic carbocycles. The number of carbonyl (C=O) groups is 1. The maximum atomic E-state index is 13.3. The molecule has 0 bridgehead atoms. The van der Waals surface area contributed by atoms with Gasteiger partial charge in [0, 0.05) is 22.9 Å². The number of anilines is 1. The molecule has 172 valence electrons.